The van der Waals surface area contributed by atoms with Crippen LogP contribution in [0, 0.1) is 0 Å². The van der Waals surface area contributed by atoms with Gasteiger partial charge in [-0.15, -0.1) is 0 Å². The summed E-state index contributed by atoms with van der Waals surface area (Å²) in [4.78, 5) is 14.1. The monoisotopic (exact) mass is 238 g/mol. The Morgan fingerprint density at radius 3 is 2.88 bits per heavy atom. The fraction of sp³-hybridized carbons (Fsp3) is 0.923. The molecule has 0 aromatic rings. The zero-order chi connectivity index (χ0) is 11.7. The van der Waals surface area contributed by atoms with E-state index in [1.807, 2.05) is 4.90 Å². The summed E-state index contributed by atoms with van der Waals surface area (Å²) in [7, 11) is 0. The molecule has 0 aromatic heterocycles. The van der Waals surface area contributed by atoms with Gasteiger partial charge in [0, 0.05) is 25.7 Å². The highest BCUT2D eigenvalue weighted by Crippen LogP contribution is 2.23. The number of ether oxygens (including phenoxy) is 1. The van der Waals surface area contributed by atoms with Crippen molar-refractivity contribution in [2.24, 2.45) is 0 Å². The van der Waals surface area contributed by atoms with Crippen LogP contribution >= 0.6 is 0 Å². The minimum absolute atomic E-state index is 0.104. The summed E-state index contributed by atoms with van der Waals surface area (Å²) in [5.74, 6) is 0.315. The molecule has 3 rings (SSSR count). The van der Waals surface area contributed by atoms with Crippen molar-refractivity contribution in [1.29, 1.82) is 0 Å². The van der Waals surface area contributed by atoms with E-state index in [0.29, 0.717) is 18.1 Å². The lowest BCUT2D eigenvalue weighted by atomic mass is 10.2. The number of nitrogens with zero attached hydrogens (tertiary/aromatic N) is 1. The SMILES string of the molecule is O=C1C(NC2CC2)CCN1CCC1CCCO1. The Morgan fingerprint density at radius 2 is 2.18 bits per heavy atom. The maximum atomic E-state index is 12.1. The van der Waals surface area contributed by atoms with Gasteiger partial charge in [-0.1, -0.05) is 0 Å². The van der Waals surface area contributed by atoms with Gasteiger partial charge in [-0.2, -0.15) is 0 Å². The molecule has 2 saturated heterocycles. The van der Waals surface area contributed by atoms with Crippen LogP contribution in [0.2, 0.25) is 0 Å². The smallest absolute Gasteiger partial charge is 0.239 e. The topological polar surface area (TPSA) is 41.6 Å². The Hall–Kier alpha value is -0.610. The molecule has 2 heterocycles. The predicted molar refractivity (Wildman–Crippen MR) is 64.7 cm³/mol. The molecule has 1 amide bonds. The van der Waals surface area contributed by atoms with Gasteiger partial charge in [-0.3, -0.25) is 4.79 Å². The lowest BCUT2D eigenvalue weighted by Crippen LogP contribution is -2.40. The first-order chi connectivity index (χ1) is 8.33. The molecule has 1 N–H and O–H groups in total. The number of nitrogens with one attached hydrogen (secondary N) is 1. The fourth-order valence-corrected chi connectivity index (χ4v) is 2.82. The van der Waals surface area contributed by atoms with Crippen molar-refractivity contribution in [2.75, 3.05) is 19.7 Å². The zero-order valence-electron chi connectivity index (χ0n) is 10.4. The molecule has 2 unspecified atom stereocenters. The number of rotatable bonds is 5. The summed E-state index contributed by atoms with van der Waals surface area (Å²) in [5.41, 5.74) is 0. The molecule has 2 aliphatic heterocycles. The second-order valence-electron chi connectivity index (χ2n) is 5.53. The highest BCUT2D eigenvalue weighted by Gasteiger charge is 2.35. The first-order valence-electron chi connectivity index (χ1n) is 6.99. The Balaban J connectivity index is 1.42. The lowest BCUT2D eigenvalue weighted by molar-refractivity contribution is -0.129. The van der Waals surface area contributed by atoms with Gasteiger partial charge in [-0.05, 0) is 38.5 Å². The second-order valence-corrected chi connectivity index (χ2v) is 5.53. The molecule has 0 bridgehead atoms. The van der Waals surface area contributed by atoms with Gasteiger partial charge in [0.15, 0.2) is 0 Å². The van der Waals surface area contributed by atoms with Crippen LogP contribution in [0.1, 0.15) is 38.5 Å². The van der Waals surface area contributed by atoms with E-state index in [4.69, 9.17) is 4.74 Å². The minimum atomic E-state index is 0.104. The van der Waals surface area contributed by atoms with E-state index in [1.54, 1.807) is 0 Å². The van der Waals surface area contributed by atoms with E-state index < -0.39 is 0 Å². The molecule has 4 nitrogen and oxygen atoms in total. The van der Waals surface area contributed by atoms with Crippen LogP contribution in [-0.2, 0) is 9.53 Å². The van der Waals surface area contributed by atoms with Crippen LogP contribution < -0.4 is 5.32 Å². The molecule has 4 heteroatoms. The third kappa shape index (κ3) is 2.80. The van der Waals surface area contributed by atoms with Crippen LogP contribution in [0.15, 0.2) is 0 Å². The van der Waals surface area contributed by atoms with Gasteiger partial charge in [0.1, 0.15) is 0 Å². The van der Waals surface area contributed by atoms with Crippen LogP contribution in [0.3, 0.4) is 0 Å². The maximum absolute atomic E-state index is 12.1. The molecule has 1 saturated carbocycles. The van der Waals surface area contributed by atoms with Crippen molar-refractivity contribution in [2.45, 2.75) is 56.7 Å². The second kappa shape index (κ2) is 4.94. The number of amides is 1. The van der Waals surface area contributed by atoms with Gasteiger partial charge < -0.3 is 15.0 Å². The summed E-state index contributed by atoms with van der Waals surface area (Å²) in [6, 6.07) is 0.731. The Bertz CT molecular complexity index is 285. The van der Waals surface area contributed by atoms with Crippen molar-refractivity contribution in [3.8, 4) is 0 Å². The summed E-state index contributed by atoms with van der Waals surface area (Å²) in [5, 5.41) is 3.44. The van der Waals surface area contributed by atoms with Gasteiger partial charge >= 0.3 is 0 Å². The number of hydrogen-bond donors (Lipinski definition) is 1. The average Bonchev–Trinajstić information content (AvgIpc) is 2.86. The number of hydrogen-bond acceptors (Lipinski definition) is 3. The molecular formula is C13H22N2O2. The number of carbonyl (C=O) groups excluding carboxylic acids is 1. The quantitative estimate of drug-likeness (QED) is 0.774. The van der Waals surface area contributed by atoms with E-state index in [0.717, 1.165) is 32.5 Å². The summed E-state index contributed by atoms with van der Waals surface area (Å²) < 4.78 is 5.60. The highest BCUT2D eigenvalue weighted by molar-refractivity contribution is 5.84. The Kier molecular flexibility index (Phi) is 3.34. The van der Waals surface area contributed by atoms with E-state index >= 15 is 0 Å². The van der Waals surface area contributed by atoms with Crippen LogP contribution in [0.5, 0.6) is 0 Å². The predicted octanol–water partition coefficient (Wildman–Crippen LogP) is 0.908. The molecule has 0 spiro atoms. The van der Waals surface area contributed by atoms with Crippen LogP contribution in [-0.4, -0.2) is 48.7 Å². The summed E-state index contributed by atoms with van der Waals surface area (Å²) in [6.45, 7) is 2.72. The first kappa shape index (κ1) is 11.5. The van der Waals surface area contributed by atoms with Crippen molar-refractivity contribution < 1.29 is 9.53 Å². The van der Waals surface area contributed by atoms with Gasteiger partial charge in [0.2, 0.25) is 5.91 Å². The average molecular weight is 238 g/mol. The molecule has 3 aliphatic rings. The van der Waals surface area contributed by atoms with E-state index in [1.165, 1.54) is 25.7 Å². The Labute approximate surface area is 103 Å². The maximum Gasteiger partial charge on any atom is 0.239 e. The molecule has 0 radical (unpaired) electrons. The number of likely N-dealkylation sites (tertiary alicyclic amines) is 1. The van der Waals surface area contributed by atoms with E-state index in [2.05, 4.69) is 5.32 Å². The lowest BCUT2D eigenvalue weighted by Gasteiger charge is -2.19. The van der Waals surface area contributed by atoms with Gasteiger partial charge in [0.05, 0.1) is 12.1 Å². The van der Waals surface area contributed by atoms with Crippen LogP contribution in [0.4, 0.5) is 0 Å². The highest BCUT2D eigenvalue weighted by atomic mass is 16.5. The normalized spacial score (nSPS) is 33.6. The summed E-state index contributed by atoms with van der Waals surface area (Å²) >= 11 is 0. The minimum Gasteiger partial charge on any atom is -0.378 e. The zero-order valence-corrected chi connectivity index (χ0v) is 10.4. The summed E-state index contributed by atoms with van der Waals surface area (Å²) in [6.07, 6.45) is 7.26. The molecule has 96 valence electrons. The van der Waals surface area contributed by atoms with Crippen LogP contribution in [0.25, 0.3) is 0 Å². The number of carbonyl (C=O) groups is 1. The van der Waals surface area contributed by atoms with Crippen molar-refractivity contribution in [3.63, 3.8) is 0 Å². The third-order valence-corrected chi connectivity index (χ3v) is 4.06. The van der Waals surface area contributed by atoms with Crippen molar-refractivity contribution in [1.82, 2.24) is 10.2 Å². The van der Waals surface area contributed by atoms with Crippen molar-refractivity contribution in [3.05, 3.63) is 0 Å². The van der Waals surface area contributed by atoms with Gasteiger partial charge in [0.25, 0.3) is 0 Å². The molecule has 1 aliphatic carbocycles. The largest absolute Gasteiger partial charge is 0.378 e. The van der Waals surface area contributed by atoms with E-state index in [9.17, 15) is 4.79 Å². The standard InChI is InChI=1S/C13H22N2O2/c16-13-12(14-10-3-4-10)6-8-15(13)7-5-11-2-1-9-17-11/h10-12,14H,1-9H2. The van der Waals surface area contributed by atoms with Crippen molar-refractivity contribution >= 4 is 5.91 Å². The fourth-order valence-electron chi connectivity index (χ4n) is 2.82. The first-order valence-corrected chi connectivity index (χ1v) is 6.99. The molecular weight excluding hydrogens is 216 g/mol. The Morgan fingerprint density at radius 1 is 1.29 bits per heavy atom. The third-order valence-electron chi connectivity index (χ3n) is 4.06. The molecule has 3 fully saturated rings. The van der Waals surface area contributed by atoms with Gasteiger partial charge in [-0.25, -0.2) is 0 Å². The van der Waals surface area contributed by atoms with E-state index in [-0.39, 0.29) is 6.04 Å². The molecule has 2 atom stereocenters. The molecule has 17 heavy (non-hydrogen) atoms. The molecule has 0 aromatic carbocycles.